The molecule has 0 atom stereocenters. The van der Waals surface area contributed by atoms with Gasteiger partial charge in [-0.15, -0.1) is 0 Å². The molecule has 0 aliphatic rings. The number of rotatable bonds is 13. The van der Waals surface area contributed by atoms with Crippen molar-refractivity contribution >= 4 is 11.4 Å². The summed E-state index contributed by atoms with van der Waals surface area (Å²) in [7, 11) is 0. The normalized spacial score (nSPS) is 11.1. The van der Waals surface area contributed by atoms with Crippen molar-refractivity contribution in [1.82, 2.24) is 0 Å². The minimum atomic E-state index is 0.887. The van der Waals surface area contributed by atoms with Crippen molar-refractivity contribution in [2.24, 2.45) is 0 Å². The van der Waals surface area contributed by atoms with Crippen LogP contribution in [0.5, 0.6) is 0 Å². The van der Waals surface area contributed by atoms with E-state index in [1.165, 1.54) is 73.6 Å². The Morgan fingerprint density at radius 1 is 0.500 bits per heavy atom. The van der Waals surface area contributed by atoms with Crippen molar-refractivity contribution in [3.63, 3.8) is 0 Å². The molecule has 0 amide bonds. The number of hydrogen-bond donors (Lipinski definition) is 2. The van der Waals surface area contributed by atoms with Gasteiger partial charge in [0.15, 0.2) is 0 Å². The van der Waals surface area contributed by atoms with Gasteiger partial charge in [-0.25, -0.2) is 0 Å². The highest BCUT2D eigenvalue weighted by atomic mass is 14.5. The lowest BCUT2D eigenvalue weighted by atomic mass is 9.92. The van der Waals surface area contributed by atoms with E-state index in [4.69, 9.17) is 11.5 Å². The van der Waals surface area contributed by atoms with E-state index in [1.807, 2.05) is 0 Å². The molecule has 2 aromatic carbocycles. The van der Waals surface area contributed by atoms with Crippen molar-refractivity contribution in [1.29, 1.82) is 0 Å². The highest BCUT2D eigenvalue weighted by Gasteiger charge is 2.08. The lowest BCUT2D eigenvalue weighted by Gasteiger charge is -2.14. The zero-order valence-corrected chi connectivity index (χ0v) is 18.1. The molecule has 2 heteroatoms. The molecule has 2 rings (SSSR count). The van der Waals surface area contributed by atoms with E-state index in [0.717, 1.165) is 37.1 Å². The maximum absolute atomic E-state index is 6.07. The molecule has 0 unspecified atom stereocenters. The lowest BCUT2D eigenvalue weighted by Crippen LogP contribution is -2.02. The molecule has 0 spiro atoms. The van der Waals surface area contributed by atoms with Crippen LogP contribution in [-0.2, 0) is 25.7 Å². The molecule has 2 nitrogen and oxygen atoms in total. The number of unbranched alkanes of at least 4 members (excludes halogenated alkanes) is 6. The maximum atomic E-state index is 6.07. The topological polar surface area (TPSA) is 52.0 Å². The predicted octanol–water partition coefficient (Wildman–Crippen LogP) is 6.88. The fraction of sp³-hybridized carbons (Fsp3) is 0.538. The molecular weight excluding hydrogens is 340 g/mol. The van der Waals surface area contributed by atoms with Crippen molar-refractivity contribution in [2.75, 3.05) is 11.5 Å². The molecule has 2 aromatic rings. The number of nitrogens with two attached hydrogens (primary N) is 2. The largest absolute Gasteiger partial charge is 0.399 e. The summed E-state index contributed by atoms with van der Waals surface area (Å²) < 4.78 is 0. The predicted molar refractivity (Wildman–Crippen MR) is 125 cm³/mol. The molecule has 28 heavy (non-hydrogen) atoms. The Balaban J connectivity index is 2.02. The van der Waals surface area contributed by atoms with Gasteiger partial charge < -0.3 is 11.5 Å². The summed E-state index contributed by atoms with van der Waals surface area (Å²) in [6, 6.07) is 13.0. The van der Waals surface area contributed by atoms with Gasteiger partial charge >= 0.3 is 0 Å². The Bertz CT molecular complexity index is 644. The van der Waals surface area contributed by atoms with Gasteiger partial charge in [0, 0.05) is 11.4 Å². The number of benzene rings is 2. The molecular formula is C26H40N2. The zero-order chi connectivity index (χ0) is 20.2. The van der Waals surface area contributed by atoms with Gasteiger partial charge in [0.1, 0.15) is 0 Å². The van der Waals surface area contributed by atoms with Crippen LogP contribution in [0.1, 0.15) is 87.5 Å². The monoisotopic (exact) mass is 380 g/mol. The van der Waals surface area contributed by atoms with Crippen LogP contribution in [0.15, 0.2) is 36.4 Å². The Morgan fingerprint density at radius 3 is 1.32 bits per heavy atom. The van der Waals surface area contributed by atoms with Crippen LogP contribution in [0.25, 0.3) is 0 Å². The molecule has 0 aliphatic heterocycles. The number of anilines is 2. The van der Waals surface area contributed by atoms with Crippen LogP contribution in [0.4, 0.5) is 11.4 Å². The van der Waals surface area contributed by atoms with E-state index in [2.05, 4.69) is 50.2 Å². The smallest absolute Gasteiger partial charge is 0.0316 e. The molecule has 0 bridgehead atoms. The van der Waals surface area contributed by atoms with Crippen LogP contribution in [0.2, 0.25) is 0 Å². The first-order chi connectivity index (χ1) is 13.6. The van der Waals surface area contributed by atoms with E-state index >= 15 is 0 Å². The Labute approximate surface area is 172 Å². The van der Waals surface area contributed by atoms with Crippen molar-refractivity contribution in [3.05, 3.63) is 58.7 Å². The van der Waals surface area contributed by atoms with Crippen LogP contribution < -0.4 is 11.5 Å². The summed E-state index contributed by atoms with van der Waals surface area (Å²) in [6.07, 6.45) is 14.8. The van der Waals surface area contributed by atoms with Gasteiger partial charge in [0.2, 0.25) is 0 Å². The number of nitrogen functional groups attached to an aromatic ring is 2. The summed E-state index contributed by atoms with van der Waals surface area (Å²) in [5.41, 5.74) is 19.7. The van der Waals surface area contributed by atoms with Crippen LogP contribution in [0, 0.1) is 0 Å². The third-order valence-electron chi connectivity index (χ3n) is 5.72. The lowest BCUT2D eigenvalue weighted by molar-refractivity contribution is 0.662. The summed E-state index contributed by atoms with van der Waals surface area (Å²) in [6.45, 7) is 4.52. The SMILES string of the molecule is CCCCCCc1cc(N)ccc1CCc1ccc(N)cc1CCCCCC. The highest BCUT2D eigenvalue weighted by Crippen LogP contribution is 2.22. The van der Waals surface area contributed by atoms with Gasteiger partial charge in [-0.1, -0.05) is 64.5 Å². The fourth-order valence-corrected chi connectivity index (χ4v) is 4.00. The van der Waals surface area contributed by atoms with Crippen LogP contribution in [-0.4, -0.2) is 0 Å². The third-order valence-corrected chi connectivity index (χ3v) is 5.72. The van der Waals surface area contributed by atoms with Gasteiger partial charge in [-0.3, -0.25) is 0 Å². The summed E-state index contributed by atoms with van der Waals surface area (Å²) >= 11 is 0. The first-order valence-corrected chi connectivity index (χ1v) is 11.4. The minimum absolute atomic E-state index is 0.887. The van der Waals surface area contributed by atoms with Crippen LogP contribution >= 0.6 is 0 Å². The zero-order valence-electron chi connectivity index (χ0n) is 18.1. The Hall–Kier alpha value is -1.96. The van der Waals surface area contributed by atoms with Gasteiger partial charge in [-0.2, -0.15) is 0 Å². The van der Waals surface area contributed by atoms with E-state index in [9.17, 15) is 0 Å². The molecule has 154 valence electrons. The number of aryl methyl sites for hydroxylation is 4. The summed E-state index contributed by atoms with van der Waals surface area (Å²) in [5, 5.41) is 0. The quantitative estimate of drug-likeness (QED) is 0.294. The molecule has 0 aromatic heterocycles. The fourth-order valence-electron chi connectivity index (χ4n) is 4.00. The Morgan fingerprint density at radius 2 is 0.929 bits per heavy atom. The van der Waals surface area contributed by atoms with Gasteiger partial charge in [0.05, 0.1) is 0 Å². The van der Waals surface area contributed by atoms with Gasteiger partial charge in [-0.05, 0) is 85.0 Å². The third kappa shape index (κ3) is 7.58. The van der Waals surface area contributed by atoms with Gasteiger partial charge in [0.25, 0.3) is 0 Å². The Kier molecular flexibility index (Phi) is 9.96. The first kappa shape index (κ1) is 22.3. The first-order valence-electron chi connectivity index (χ1n) is 11.4. The van der Waals surface area contributed by atoms with E-state index in [0.29, 0.717) is 0 Å². The van der Waals surface area contributed by atoms with Crippen molar-refractivity contribution in [2.45, 2.75) is 90.9 Å². The maximum Gasteiger partial charge on any atom is 0.0316 e. The van der Waals surface area contributed by atoms with Crippen molar-refractivity contribution < 1.29 is 0 Å². The van der Waals surface area contributed by atoms with E-state index in [1.54, 1.807) is 0 Å². The highest BCUT2D eigenvalue weighted by molar-refractivity contribution is 5.47. The average molecular weight is 381 g/mol. The van der Waals surface area contributed by atoms with Crippen LogP contribution in [0.3, 0.4) is 0 Å². The molecule has 4 N–H and O–H groups in total. The molecule has 0 aliphatic carbocycles. The summed E-state index contributed by atoms with van der Waals surface area (Å²) in [4.78, 5) is 0. The van der Waals surface area contributed by atoms with E-state index in [-0.39, 0.29) is 0 Å². The average Bonchev–Trinajstić information content (AvgIpc) is 2.69. The second-order valence-electron chi connectivity index (χ2n) is 8.18. The second-order valence-corrected chi connectivity index (χ2v) is 8.18. The molecule has 0 fully saturated rings. The molecule has 0 radical (unpaired) electrons. The minimum Gasteiger partial charge on any atom is -0.399 e. The van der Waals surface area contributed by atoms with E-state index < -0.39 is 0 Å². The van der Waals surface area contributed by atoms with Crippen molar-refractivity contribution in [3.8, 4) is 0 Å². The second kappa shape index (κ2) is 12.5. The summed E-state index contributed by atoms with van der Waals surface area (Å²) in [5.74, 6) is 0. The molecule has 0 saturated heterocycles. The molecule has 0 heterocycles. The standard InChI is InChI=1S/C26H40N2/c1-3-5-7-9-11-23-19-25(27)17-15-21(23)13-14-22-16-18-26(28)20-24(22)12-10-8-6-4-2/h15-20H,3-14,27-28H2,1-2H3. The number of hydrogen-bond acceptors (Lipinski definition) is 2. The molecule has 0 saturated carbocycles.